The first-order valence-electron chi connectivity index (χ1n) is 13.6. The minimum atomic E-state index is -0.765. The molecular formula is C29H33N7O7. The lowest BCUT2D eigenvalue weighted by molar-refractivity contribution is 0.00677. The third-order valence-corrected chi connectivity index (χ3v) is 6.89. The van der Waals surface area contributed by atoms with Crippen LogP contribution in [0.4, 0.5) is 22.0 Å². The van der Waals surface area contributed by atoms with Crippen LogP contribution in [0.25, 0.3) is 16.9 Å². The molecule has 43 heavy (non-hydrogen) atoms. The molecule has 1 saturated carbocycles. The fourth-order valence-corrected chi connectivity index (χ4v) is 4.50. The number of nitrogens with one attached hydrogen (secondary N) is 2. The summed E-state index contributed by atoms with van der Waals surface area (Å²) in [5, 5.41) is 9.98. The van der Waals surface area contributed by atoms with Crippen molar-refractivity contribution in [2.75, 3.05) is 31.5 Å². The summed E-state index contributed by atoms with van der Waals surface area (Å²) in [5.74, 6) is 0.413. The Kier molecular flexibility index (Phi) is 8.04. The van der Waals surface area contributed by atoms with E-state index >= 15 is 0 Å². The van der Waals surface area contributed by atoms with Crippen molar-refractivity contribution < 1.29 is 28.3 Å². The van der Waals surface area contributed by atoms with Crippen LogP contribution in [0.2, 0.25) is 0 Å². The van der Waals surface area contributed by atoms with Crippen molar-refractivity contribution in [3.8, 4) is 11.6 Å². The number of aromatic nitrogens is 4. The molecule has 2 amide bonds. The Labute approximate surface area is 246 Å². The molecule has 226 valence electrons. The van der Waals surface area contributed by atoms with Gasteiger partial charge in [-0.1, -0.05) is 5.16 Å². The lowest BCUT2D eigenvalue weighted by Gasteiger charge is -2.35. The van der Waals surface area contributed by atoms with Gasteiger partial charge >= 0.3 is 6.09 Å². The van der Waals surface area contributed by atoms with Gasteiger partial charge in [0.15, 0.2) is 5.52 Å². The van der Waals surface area contributed by atoms with E-state index in [1.54, 1.807) is 58.3 Å². The van der Waals surface area contributed by atoms with Gasteiger partial charge in [-0.2, -0.15) is 0 Å². The summed E-state index contributed by atoms with van der Waals surface area (Å²) in [6, 6.07) is 7.93. The van der Waals surface area contributed by atoms with E-state index in [2.05, 4.69) is 25.8 Å². The number of methoxy groups -OCH3 is 2. The van der Waals surface area contributed by atoms with E-state index in [1.807, 2.05) is 0 Å². The molecule has 0 spiro atoms. The smallest absolute Gasteiger partial charge is 0.414 e. The zero-order valence-corrected chi connectivity index (χ0v) is 24.7. The number of hydrogen-bond donors (Lipinski definition) is 2. The molecule has 14 nitrogen and oxygen atoms in total. The molecule has 0 aliphatic heterocycles. The maximum absolute atomic E-state index is 13.4. The summed E-state index contributed by atoms with van der Waals surface area (Å²) in [6.45, 7) is 5.24. The van der Waals surface area contributed by atoms with Crippen LogP contribution in [-0.2, 0) is 9.47 Å². The predicted octanol–water partition coefficient (Wildman–Crippen LogP) is 3.80. The van der Waals surface area contributed by atoms with E-state index in [0.29, 0.717) is 11.6 Å². The predicted molar refractivity (Wildman–Crippen MR) is 157 cm³/mol. The number of rotatable bonds is 8. The van der Waals surface area contributed by atoms with E-state index in [9.17, 15) is 14.4 Å². The molecule has 0 radical (unpaired) electrons. The first-order chi connectivity index (χ1) is 20.5. The molecule has 0 saturated heterocycles. The summed E-state index contributed by atoms with van der Waals surface area (Å²) in [7, 11) is 4.62. The molecule has 0 unspecified atom stereocenters. The van der Waals surface area contributed by atoms with Crippen LogP contribution in [0, 0.1) is 0 Å². The highest BCUT2D eigenvalue weighted by atomic mass is 16.6. The van der Waals surface area contributed by atoms with Crippen molar-refractivity contribution in [2.24, 2.45) is 0 Å². The molecule has 0 bridgehead atoms. The normalized spacial score (nSPS) is 16.3. The third-order valence-electron chi connectivity index (χ3n) is 6.89. The van der Waals surface area contributed by atoms with Crippen molar-refractivity contribution in [1.82, 2.24) is 25.0 Å². The highest BCUT2D eigenvalue weighted by Crippen LogP contribution is 2.32. The molecular weight excluding hydrogens is 558 g/mol. The highest BCUT2D eigenvalue weighted by molar-refractivity contribution is 6.07. The molecule has 2 N–H and O–H groups in total. The van der Waals surface area contributed by atoms with E-state index in [0.717, 1.165) is 12.8 Å². The average molecular weight is 592 g/mol. The third kappa shape index (κ3) is 6.14. The number of carbonyl (C=O) groups excluding carboxylic acids is 2. The van der Waals surface area contributed by atoms with E-state index < -0.39 is 23.2 Å². The number of nitrogens with zero attached hydrogens (tertiary/aromatic N) is 5. The molecule has 14 heteroatoms. The van der Waals surface area contributed by atoms with E-state index in [4.69, 9.17) is 18.7 Å². The number of anilines is 3. The van der Waals surface area contributed by atoms with Crippen molar-refractivity contribution in [1.29, 1.82) is 0 Å². The maximum atomic E-state index is 13.4. The van der Waals surface area contributed by atoms with Crippen LogP contribution < -0.4 is 25.8 Å². The summed E-state index contributed by atoms with van der Waals surface area (Å²) >= 11 is 0. The van der Waals surface area contributed by atoms with E-state index in [1.165, 1.54) is 35.9 Å². The number of hydrogen-bond acceptors (Lipinski definition) is 11. The Morgan fingerprint density at radius 2 is 1.93 bits per heavy atom. The zero-order valence-electron chi connectivity index (χ0n) is 24.7. The van der Waals surface area contributed by atoms with Gasteiger partial charge < -0.3 is 29.4 Å². The highest BCUT2D eigenvalue weighted by Gasteiger charge is 2.34. The molecule has 2 atom stereocenters. The maximum Gasteiger partial charge on any atom is 0.414 e. The minimum Gasteiger partial charge on any atom is -0.495 e. The van der Waals surface area contributed by atoms with Crippen LogP contribution in [-0.4, -0.2) is 70.7 Å². The molecule has 4 aromatic heterocycles. The number of fused-ring (bicyclic) bond motifs is 1. The fraction of sp³-hybridized carbons (Fsp3) is 0.379. The van der Waals surface area contributed by atoms with Gasteiger partial charge in [0.1, 0.15) is 34.2 Å². The Morgan fingerprint density at radius 1 is 1.14 bits per heavy atom. The van der Waals surface area contributed by atoms with Crippen LogP contribution in [0.5, 0.6) is 5.75 Å². The first kappa shape index (κ1) is 29.5. The minimum absolute atomic E-state index is 0.0919. The Balaban J connectivity index is 1.54. The Bertz CT molecular complexity index is 1710. The molecule has 4 aromatic rings. The van der Waals surface area contributed by atoms with Gasteiger partial charge in [-0.3, -0.25) is 19.1 Å². The first-order valence-corrected chi connectivity index (χ1v) is 13.6. The molecule has 1 aliphatic rings. The largest absolute Gasteiger partial charge is 0.495 e. The van der Waals surface area contributed by atoms with Crippen LogP contribution in [0.3, 0.4) is 0 Å². The Hall–Kier alpha value is -4.98. The van der Waals surface area contributed by atoms with Gasteiger partial charge in [0.05, 0.1) is 31.1 Å². The second kappa shape index (κ2) is 11.7. The lowest BCUT2D eigenvalue weighted by Crippen LogP contribution is -2.51. The molecule has 5 rings (SSSR count). The number of carbonyl (C=O) groups is 2. The van der Waals surface area contributed by atoms with Gasteiger partial charge in [-0.25, -0.2) is 14.8 Å². The quantitative estimate of drug-likeness (QED) is 0.306. The second-order valence-electron chi connectivity index (χ2n) is 11.0. The molecule has 4 heterocycles. The van der Waals surface area contributed by atoms with Crippen molar-refractivity contribution in [2.45, 2.75) is 51.4 Å². The Morgan fingerprint density at radius 3 is 2.56 bits per heavy atom. The number of amides is 2. The summed E-state index contributed by atoms with van der Waals surface area (Å²) in [5.41, 5.74) is -0.515. The average Bonchev–Trinajstić information content (AvgIpc) is 3.39. The van der Waals surface area contributed by atoms with Gasteiger partial charge in [-0.15, -0.1) is 0 Å². The van der Waals surface area contributed by atoms with Crippen LogP contribution in [0.1, 0.15) is 44.2 Å². The number of ether oxygens (including phenoxy) is 3. The molecule has 0 aromatic carbocycles. The summed E-state index contributed by atoms with van der Waals surface area (Å²) < 4.78 is 22.9. The SMILES string of the molecule is COc1ccc(-n2cccc(Nc3cc(N(C)C(=O)OC(C)(C)C)c4noc(C(=O)N[C@@H]5CC[C@H]5OC)c4n3)c2=O)nc1. The van der Waals surface area contributed by atoms with Gasteiger partial charge in [0, 0.05) is 26.4 Å². The molecule has 1 aliphatic carbocycles. The topological polar surface area (TPSA) is 163 Å². The summed E-state index contributed by atoms with van der Waals surface area (Å²) in [4.78, 5) is 49.8. The van der Waals surface area contributed by atoms with Crippen molar-refractivity contribution in [3.63, 3.8) is 0 Å². The van der Waals surface area contributed by atoms with Gasteiger partial charge in [0.25, 0.3) is 11.5 Å². The van der Waals surface area contributed by atoms with Crippen molar-refractivity contribution >= 4 is 40.2 Å². The van der Waals surface area contributed by atoms with Crippen molar-refractivity contribution in [3.05, 3.63) is 58.8 Å². The van der Waals surface area contributed by atoms with Crippen LogP contribution in [0.15, 0.2) is 52.0 Å². The van der Waals surface area contributed by atoms with Crippen LogP contribution >= 0.6 is 0 Å². The summed E-state index contributed by atoms with van der Waals surface area (Å²) in [6.07, 6.45) is 3.91. The second-order valence-corrected chi connectivity index (χ2v) is 11.0. The zero-order chi connectivity index (χ0) is 30.9. The standard InChI is InChI=1S/C29H33N7O7/c1-29(2,3)42-28(39)35(4)19-14-21(31-18-8-7-13-36(27(18)38)22-12-9-16(40-5)15-30-22)33-24-23(19)34-43-25(24)26(37)32-17-10-11-20(17)41-6/h7-9,12-15,17,20H,10-11H2,1-6H3,(H,31,33)(H,32,37)/t17-,20-/m1/s1. The number of pyridine rings is 3. The van der Waals surface area contributed by atoms with Gasteiger partial charge in [0.2, 0.25) is 5.76 Å². The lowest BCUT2D eigenvalue weighted by atomic mass is 9.89. The van der Waals surface area contributed by atoms with Gasteiger partial charge in [-0.05, 0) is 57.9 Å². The molecule has 1 fully saturated rings. The van der Waals surface area contributed by atoms with E-state index in [-0.39, 0.29) is 46.1 Å². The monoisotopic (exact) mass is 591 g/mol. The fourth-order valence-electron chi connectivity index (χ4n) is 4.50.